The van der Waals surface area contributed by atoms with Crippen molar-refractivity contribution in [1.29, 1.82) is 0 Å². The monoisotopic (exact) mass is 285 g/mol. The standard InChI is InChI=1S/C16H13F2N3/c1-11-13(3-2-7-19-11)10-21-8-6-16(20-21)12-4-5-14(17)15(18)9-12/h2-9H,10H2,1H3. The Morgan fingerprint density at radius 2 is 1.95 bits per heavy atom. The van der Waals surface area contributed by atoms with Crippen LogP contribution in [0.2, 0.25) is 0 Å². The van der Waals surface area contributed by atoms with Crippen molar-refractivity contribution in [3.8, 4) is 11.3 Å². The Labute approximate surface area is 120 Å². The molecule has 0 N–H and O–H groups in total. The molecule has 0 saturated carbocycles. The summed E-state index contributed by atoms with van der Waals surface area (Å²) in [5.74, 6) is -1.73. The third-order valence-corrected chi connectivity index (χ3v) is 3.30. The minimum atomic E-state index is -0.870. The van der Waals surface area contributed by atoms with Crippen molar-refractivity contribution >= 4 is 0 Å². The van der Waals surface area contributed by atoms with E-state index in [1.54, 1.807) is 16.9 Å². The van der Waals surface area contributed by atoms with Crippen LogP contribution in [0.15, 0.2) is 48.8 Å². The molecule has 2 heterocycles. The van der Waals surface area contributed by atoms with E-state index in [1.165, 1.54) is 6.07 Å². The fraction of sp³-hybridized carbons (Fsp3) is 0.125. The second-order valence-corrected chi connectivity index (χ2v) is 4.78. The number of aryl methyl sites for hydroxylation is 1. The van der Waals surface area contributed by atoms with E-state index < -0.39 is 11.6 Å². The van der Waals surface area contributed by atoms with Gasteiger partial charge < -0.3 is 0 Å². The first-order valence-corrected chi connectivity index (χ1v) is 6.53. The maximum Gasteiger partial charge on any atom is 0.159 e. The molecule has 21 heavy (non-hydrogen) atoms. The number of halogens is 2. The van der Waals surface area contributed by atoms with E-state index in [4.69, 9.17) is 0 Å². The molecule has 2 aromatic heterocycles. The number of pyridine rings is 1. The van der Waals surface area contributed by atoms with Gasteiger partial charge in [-0.3, -0.25) is 9.67 Å². The minimum absolute atomic E-state index is 0.551. The molecule has 0 amide bonds. The van der Waals surface area contributed by atoms with Gasteiger partial charge >= 0.3 is 0 Å². The maximum atomic E-state index is 13.3. The van der Waals surface area contributed by atoms with Crippen LogP contribution >= 0.6 is 0 Å². The molecule has 0 aliphatic carbocycles. The zero-order valence-corrected chi connectivity index (χ0v) is 11.4. The Morgan fingerprint density at radius 3 is 2.71 bits per heavy atom. The summed E-state index contributed by atoms with van der Waals surface area (Å²) in [7, 11) is 0. The van der Waals surface area contributed by atoms with E-state index in [-0.39, 0.29) is 0 Å². The van der Waals surface area contributed by atoms with E-state index in [0.29, 0.717) is 17.8 Å². The molecule has 0 aliphatic rings. The van der Waals surface area contributed by atoms with Crippen molar-refractivity contribution in [2.75, 3.05) is 0 Å². The summed E-state index contributed by atoms with van der Waals surface area (Å²) in [5, 5.41) is 4.39. The van der Waals surface area contributed by atoms with Gasteiger partial charge in [0.1, 0.15) is 0 Å². The Hall–Kier alpha value is -2.56. The largest absolute Gasteiger partial charge is 0.268 e. The van der Waals surface area contributed by atoms with E-state index in [1.807, 2.05) is 25.3 Å². The highest BCUT2D eigenvalue weighted by atomic mass is 19.2. The third-order valence-electron chi connectivity index (χ3n) is 3.30. The molecule has 0 radical (unpaired) electrons. The van der Waals surface area contributed by atoms with Crippen LogP contribution in [0.25, 0.3) is 11.3 Å². The lowest BCUT2D eigenvalue weighted by Gasteiger charge is -2.04. The van der Waals surface area contributed by atoms with Crippen molar-refractivity contribution in [2.45, 2.75) is 13.5 Å². The predicted octanol–water partition coefficient (Wildman–Crippen LogP) is 3.58. The van der Waals surface area contributed by atoms with E-state index >= 15 is 0 Å². The van der Waals surface area contributed by atoms with E-state index in [2.05, 4.69) is 10.1 Å². The average Bonchev–Trinajstić information content (AvgIpc) is 2.93. The third kappa shape index (κ3) is 2.81. The van der Waals surface area contributed by atoms with E-state index in [0.717, 1.165) is 23.4 Å². The van der Waals surface area contributed by atoms with Crippen molar-refractivity contribution in [3.05, 3.63) is 71.7 Å². The smallest absolute Gasteiger partial charge is 0.159 e. The summed E-state index contributed by atoms with van der Waals surface area (Å²) in [5.41, 5.74) is 3.17. The number of hydrogen-bond acceptors (Lipinski definition) is 2. The molecule has 0 atom stereocenters. The molecule has 3 nitrogen and oxygen atoms in total. The Kier molecular flexibility index (Phi) is 3.48. The van der Waals surface area contributed by atoms with Gasteiger partial charge in [-0.15, -0.1) is 0 Å². The Morgan fingerprint density at radius 1 is 1.10 bits per heavy atom. The topological polar surface area (TPSA) is 30.7 Å². The van der Waals surface area contributed by atoms with Crippen LogP contribution in [0.4, 0.5) is 8.78 Å². The molecule has 3 aromatic rings. The van der Waals surface area contributed by atoms with Crippen LogP contribution in [0.1, 0.15) is 11.3 Å². The number of nitrogens with zero attached hydrogens (tertiary/aromatic N) is 3. The van der Waals surface area contributed by atoms with Gasteiger partial charge in [0.2, 0.25) is 0 Å². The fourth-order valence-corrected chi connectivity index (χ4v) is 2.12. The summed E-state index contributed by atoms with van der Waals surface area (Å²) in [6, 6.07) is 9.41. The van der Waals surface area contributed by atoms with Gasteiger partial charge in [-0.2, -0.15) is 5.10 Å². The average molecular weight is 285 g/mol. The SMILES string of the molecule is Cc1ncccc1Cn1ccc(-c2ccc(F)c(F)c2)n1. The fourth-order valence-electron chi connectivity index (χ4n) is 2.12. The Balaban J connectivity index is 1.86. The molecule has 0 aliphatic heterocycles. The van der Waals surface area contributed by atoms with Crippen LogP contribution in [0.3, 0.4) is 0 Å². The lowest BCUT2D eigenvalue weighted by molar-refractivity contribution is 0.509. The second kappa shape index (κ2) is 5.44. The summed E-state index contributed by atoms with van der Waals surface area (Å²) < 4.78 is 27.9. The normalized spacial score (nSPS) is 10.8. The molecule has 0 fully saturated rings. The molecule has 0 spiro atoms. The zero-order chi connectivity index (χ0) is 14.8. The maximum absolute atomic E-state index is 13.3. The number of benzene rings is 1. The zero-order valence-electron chi connectivity index (χ0n) is 11.4. The number of hydrogen-bond donors (Lipinski definition) is 0. The summed E-state index contributed by atoms with van der Waals surface area (Å²) in [6.07, 6.45) is 3.55. The van der Waals surface area contributed by atoms with Gasteiger partial charge in [-0.1, -0.05) is 6.07 Å². The molecule has 5 heteroatoms. The lowest BCUT2D eigenvalue weighted by atomic mass is 10.1. The minimum Gasteiger partial charge on any atom is -0.268 e. The molecule has 3 rings (SSSR count). The van der Waals surface area contributed by atoms with E-state index in [9.17, 15) is 8.78 Å². The second-order valence-electron chi connectivity index (χ2n) is 4.78. The van der Waals surface area contributed by atoms with Crippen LogP contribution < -0.4 is 0 Å². The van der Waals surface area contributed by atoms with Crippen molar-refractivity contribution < 1.29 is 8.78 Å². The molecule has 106 valence electrons. The van der Waals surface area contributed by atoms with Gasteiger partial charge in [0, 0.05) is 23.7 Å². The quantitative estimate of drug-likeness (QED) is 0.736. The molecular formula is C16H13F2N3. The van der Waals surface area contributed by atoms with Gasteiger partial charge in [-0.25, -0.2) is 8.78 Å². The molecule has 0 saturated heterocycles. The van der Waals surface area contributed by atoms with Crippen molar-refractivity contribution in [2.24, 2.45) is 0 Å². The van der Waals surface area contributed by atoms with Crippen LogP contribution in [-0.2, 0) is 6.54 Å². The first kappa shape index (κ1) is 13.4. The van der Waals surface area contributed by atoms with Gasteiger partial charge in [0.25, 0.3) is 0 Å². The van der Waals surface area contributed by atoms with Crippen LogP contribution in [-0.4, -0.2) is 14.8 Å². The first-order chi connectivity index (χ1) is 10.1. The first-order valence-electron chi connectivity index (χ1n) is 6.53. The van der Waals surface area contributed by atoms with Gasteiger partial charge in [-0.05, 0) is 42.8 Å². The van der Waals surface area contributed by atoms with Crippen LogP contribution in [0, 0.1) is 18.6 Å². The highest BCUT2D eigenvalue weighted by molar-refractivity contribution is 5.58. The number of rotatable bonds is 3. The van der Waals surface area contributed by atoms with Gasteiger partial charge in [0.15, 0.2) is 11.6 Å². The molecule has 0 unspecified atom stereocenters. The highest BCUT2D eigenvalue weighted by Gasteiger charge is 2.08. The highest BCUT2D eigenvalue weighted by Crippen LogP contribution is 2.20. The van der Waals surface area contributed by atoms with Crippen LogP contribution in [0.5, 0.6) is 0 Å². The molecule has 1 aromatic carbocycles. The van der Waals surface area contributed by atoms with Crippen molar-refractivity contribution in [1.82, 2.24) is 14.8 Å². The van der Waals surface area contributed by atoms with Gasteiger partial charge in [0.05, 0.1) is 12.2 Å². The van der Waals surface area contributed by atoms with Crippen molar-refractivity contribution in [3.63, 3.8) is 0 Å². The molecular weight excluding hydrogens is 272 g/mol. The summed E-state index contributed by atoms with van der Waals surface area (Å²) >= 11 is 0. The predicted molar refractivity (Wildman–Crippen MR) is 75.7 cm³/mol. The molecule has 0 bridgehead atoms. The summed E-state index contributed by atoms with van der Waals surface area (Å²) in [4.78, 5) is 4.23. The Bertz CT molecular complexity index is 781. The number of aromatic nitrogens is 3. The summed E-state index contributed by atoms with van der Waals surface area (Å²) in [6.45, 7) is 2.53. The lowest BCUT2D eigenvalue weighted by Crippen LogP contribution is -2.03.